The van der Waals surface area contributed by atoms with E-state index in [2.05, 4.69) is 30.3 Å². The first kappa shape index (κ1) is 19.4. The van der Waals surface area contributed by atoms with Crippen LogP contribution in [0.25, 0.3) is 20.5 Å². The molecule has 0 saturated heterocycles. The normalized spacial score (nSPS) is 28.8. The zero-order chi connectivity index (χ0) is 21.2. The molecular weight excluding hydrogens is 404 g/mol. The maximum Gasteiger partial charge on any atom is 0.337 e. The van der Waals surface area contributed by atoms with Crippen LogP contribution in [0.5, 0.6) is 5.75 Å². The van der Waals surface area contributed by atoms with E-state index >= 15 is 0 Å². The molecule has 0 unspecified atom stereocenters. The predicted molar refractivity (Wildman–Crippen MR) is 125 cm³/mol. The number of hydrogen-bond donors (Lipinski definition) is 0. The van der Waals surface area contributed by atoms with Crippen molar-refractivity contribution in [2.24, 2.45) is 17.8 Å². The smallest absolute Gasteiger partial charge is 0.337 e. The van der Waals surface area contributed by atoms with Crippen molar-refractivity contribution in [3.63, 3.8) is 0 Å². The fourth-order valence-corrected chi connectivity index (χ4v) is 8.63. The van der Waals surface area contributed by atoms with Crippen LogP contribution in [0.4, 0.5) is 0 Å². The first-order chi connectivity index (χ1) is 15.1. The van der Waals surface area contributed by atoms with Gasteiger partial charge in [-0.15, -0.1) is 11.3 Å². The van der Waals surface area contributed by atoms with Gasteiger partial charge < -0.3 is 9.47 Å². The third-order valence-electron chi connectivity index (χ3n) is 8.03. The molecule has 4 fully saturated rings. The first-order valence-corrected chi connectivity index (χ1v) is 12.2. The number of ether oxygens (including phenoxy) is 2. The highest BCUT2D eigenvalue weighted by Crippen LogP contribution is 2.64. The average molecular weight is 433 g/mol. The molecule has 4 aliphatic rings. The van der Waals surface area contributed by atoms with Gasteiger partial charge in [-0.2, -0.15) is 0 Å². The van der Waals surface area contributed by atoms with Gasteiger partial charge in [0.2, 0.25) is 0 Å². The monoisotopic (exact) mass is 432 g/mol. The molecule has 4 saturated carbocycles. The topological polar surface area (TPSA) is 35.5 Å². The average Bonchev–Trinajstić information content (AvgIpc) is 3.18. The summed E-state index contributed by atoms with van der Waals surface area (Å²) in [7, 11) is 3.22. The SMILES string of the molecule is COC(=O)c1ccc(-c2sc3cccc(OC)c3c2C23CC4CC(CC(C4)C2)C3)cc1. The number of carbonyl (C=O) groups excluding carboxylic acids is 1. The highest BCUT2D eigenvalue weighted by atomic mass is 32.1. The van der Waals surface area contributed by atoms with E-state index in [1.54, 1.807) is 7.11 Å². The number of esters is 1. The largest absolute Gasteiger partial charge is 0.496 e. The van der Waals surface area contributed by atoms with Crippen molar-refractivity contribution >= 4 is 27.4 Å². The van der Waals surface area contributed by atoms with Gasteiger partial charge in [0, 0.05) is 15.0 Å². The second kappa shape index (κ2) is 7.09. The first-order valence-electron chi connectivity index (χ1n) is 11.4. The molecule has 2 aromatic carbocycles. The summed E-state index contributed by atoms with van der Waals surface area (Å²) in [5.74, 6) is 3.35. The molecule has 1 heterocycles. The highest BCUT2D eigenvalue weighted by Gasteiger charge is 2.53. The number of carbonyl (C=O) groups is 1. The minimum Gasteiger partial charge on any atom is -0.496 e. The maximum absolute atomic E-state index is 11.9. The van der Waals surface area contributed by atoms with Crippen molar-refractivity contribution in [2.75, 3.05) is 14.2 Å². The number of thiophene rings is 1. The molecule has 1 aromatic heterocycles. The van der Waals surface area contributed by atoms with Crippen molar-refractivity contribution in [1.29, 1.82) is 0 Å². The Hall–Kier alpha value is -2.33. The van der Waals surface area contributed by atoms with Crippen LogP contribution in [0, 0.1) is 17.8 Å². The zero-order valence-electron chi connectivity index (χ0n) is 18.1. The molecule has 4 bridgehead atoms. The lowest BCUT2D eigenvalue weighted by atomic mass is 9.47. The molecular formula is C27H28O3S. The summed E-state index contributed by atoms with van der Waals surface area (Å²) in [6.45, 7) is 0. The predicted octanol–water partition coefficient (Wildman–Crippen LogP) is 6.83. The van der Waals surface area contributed by atoms with E-state index in [1.165, 1.54) is 71.7 Å². The molecule has 160 valence electrons. The van der Waals surface area contributed by atoms with Crippen molar-refractivity contribution in [2.45, 2.75) is 43.9 Å². The number of hydrogen-bond acceptors (Lipinski definition) is 4. The molecule has 4 heteroatoms. The van der Waals surface area contributed by atoms with Gasteiger partial charge >= 0.3 is 5.97 Å². The Labute approximate surface area is 187 Å². The number of methoxy groups -OCH3 is 2. The summed E-state index contributed by atoms with van der Waals surface area (Å²) in [5, 5.41) is 1.32. The Balaban J connectivity index is 1.57. The van der Waals surface area contributed by atoms with Crippen LogP contribution >= 0.6 is 11.3 Å². The van der Waals surface area contributed by atoms with Gasteiger partial charge in [-0.25, -0.2) is 4.79 Å². The fourth-order valence-electron chi connectivity index (χ4n) is 7.29. The highest BCUT2D eigenvalue weighted by molar-refractivity contribution is 7.22. The van der Waals surface area contributed by atoms with Crippen LogP contribution in [0.3, 0.4) is 0 Å². The molecule has 4 aliphatic carbocycles. The summed E-state index contributed by atoms with van der Waals surface area (Å²) < 4.78 is 12.1. The number of rotatable bonds is 4. The lowest BCUT2D eigenvalue weighted by molar-refractivity contribution is -0.00414. The Bertz CT molecular complexity index is 1120. The Kier molecular flexibility index (Phi) is 4.43. The van der Waals surface area contributed by atoms with Gasteiger partial charge in [0.1, 0.15) is 5.75 Å². The Morgan fingerprint density at radius 3 is 2.16 bits per heavy atom. The van der Waals surface area contributed by atoms with E-state index in [1.807, 2.05) is 23.5 Å². The summed E-state index contributed by atoms with van der Waals surface area (Å²) in [4.78, 5) is 13.3. The Morgan fingerprint density at radius 1 is 0.935 bits per heavy atom. The molecule has 31 heavy (non-hydrogen) atoms. The van der Waals surface area contributed by atoms with E-state index in [9.17, 15) is 4.79 Å². The summed E-state index contributed by atoms with van der Waals surface area (Å²) in [6.07, 6.45) is 8.24. The minimum absolute atomic E-state index is 0.262. The zero-order valence-corrected chi connectivity index (χ0v) is 19.0. The van der Waals surface area contributed by atoms with Crippen LogP contribution in [0.2, 0.25) is 0 Å². The lowest BCUT2D eigenvalue weighted by Gasteiger charge is -2.57. The molecule has 3 nitrogen and oxygen atoms in total. The van der Waals surface area contributed by atoms with E-state index in [4.69, 9.17) is 9.47 Å². The van der Waals surface area contributed by atoms with Gasteiger partial charge in [0.15, 0.2) is 0 Å². The molecule has 0 spiro atoms. The fraction of sp³-hybridized carbons (Fsp3) is 0.444. The van der Waals surface area contributed by atoms with Crippen molar-refractivity contribution in [3.8, 4) is 16.2 Å². The third kappa shape index (κ3) is 2.95. The minimum atomic E-state index is -0.286. The third-order valence-corrected chi connectivity index (χ3v) is 9.24. The summed E-state index contributed by atoms with van der Waals surface area (Å²) >= 11 is 1.88. The second-order valence-electron chi connectivity index (χ2n) is 9.91. The molecule has 3 aromatic rings. The van der Waals surface area contributed by atoms with Crippen LogP contribution < -0.4 is 4.74 Å². The Morgan fingerprint density at radius 2 is 1.58 bits per heavy atom. The lowest BCUT2D eigenvalue weighted by Crippen LogP contribution is -2.48. The summed E-state index contributed by atoms with van der Waals surface area (Å²) in [5.41, 5.74) is 3.58. The molecule has 0 amide bonds. The van der Waals surface area contributed by atoms with Crippen LogP contribution in [-0.2, 0) is 10.2 Å². The maximum atomic E-state index is 11.9. The van der Waals surface area contributed by atoms with Crippen molar-refractivity contribution in [1.82, 2.24) is 0 Å². The molecule has 0 aliphatic heterocycles. The van der Waals surface area contributed by atoms with Gasteiger partial charge in [0.25, 0.3) is 0 Å². The molecule has 0 atom stereocenters. The molecule has 7 rings (SSSR count). The van der Waals surface area contributed by atoms with Crippen molar-refractivity contribution in [3.05, 3.63) is 53.6 Å². The number of benzene rings is 2. The van der Waals surface area contributed by atoms with E-state index < -0.39 is 0 Å². The molecule has 0 N–H and O–H groups in total. The van der Waals surface area contributed by atoms with Crippen molar-refractivity contribution < 1.29 is 14.3 Å². The van der Waals surface area contributed by atoms with E-state index in [0.29, 0.717) is 5.56 Å². The van der Waals surface area contributed by atoms with Crippen LogP contribution in [0.1, 0.15) is 54.4 Å². The second-order valence-corrected chi connectivity index (χ2v) is 11.0. The van der Waals surface area contributed by atoms with Crippen LogP contribution in [-0.4, -0.2) is 20.2 Å². The standard InChI is InChI=1S/C27H28O3S/c1-29-21-4-3-5-22-23(21)24(27-13-16-10-17(14-27)12-18(11-16)15-27)25(31-22)19-6-8-20(9-7-19)26(28)30-2/h3-9,16-18H,10-15H2,1-2H3. The summed E-state index contributed by atoms with van der Waals surface area (Å²) in [6, 6.07) is 14.4. The molecule has 0 radical (unpaired) electrons. The number of fused-ring (bicyclic) bond motifs is 1. The van der Waals surface area contributed by atoms with Gasteiger partial charge in [-0.05, 0) is 97.1 Å². The van der Waals surface area contributed by atoms with E-state index in [0.717, 1.165) is 23.5 Å². The van der Waals surface area contributed by atoms with Gasteiger partial charge in [-0.3, -0.25) is 0 Å². The quantitative estimate of drug-likeness (QED) is 0.424. The van der Waals surface area contributed by atoms with E-state index in [-0.39, 0.29) is 11.4 Å². The van der Waals surface area contributed by atoms with Gasteiger partial charge in [0.05, 0.1) is 19.8 Å². The van der Waals surface area contributed by atoms with Crippen LogP contribution in [0.15, 0.2) is 42.5 Å². The van der Waals surface area contributed by atoms with Gasteiger partial charge in [-0.1, -0.05) is 18.2 Å².